The van der Waals surface area contributed by atoms with Gasteiger partial charge in [0.05, 0.1) is 16.3 Å². The first kappa shape index (κ1) is 21.8. The van der Waals surface area contributed by atoms with Gasteiger partial charge < -0.3 is 4.18 Å². The third-order valence-corrected chi connectivity index (χ3v) is 5.74. The first-order chi connectivity index (χ1) is 14.3. The van der Waals surface area contributed by atoms with E-state index in [1.807, 2.05) is 6.92 Å². The van der Waals surface area contributed by atoms with Gasteiger partial charge in [0, 0.05) is 5.56 Å². The molecule has 3 rings (SSSR count). The van der Waals surface area contributed by atoms with Crippen LogP contribution in [0.5, 0.6) is 5.75 Å². The number of hydrazone groups is 1. The Morgan fingerprint density at radius 3 is 2.20 bits per heavy atom. The molecule has 0 heterocycles. The summed E-state index contributed by atoms with van der Waals surface area (Å²) >= 11 is 12.3. The molecule has 154 valence electrons. The zero-order valence-electron chi connectivity index (χ0n) is 15.7. The SMILES string of the molecule is Cc1ccc(S(=O)(=O)Oc2c(Cl)cc(/C=N\NC(=O)c3ccccc3)cc2Cl)cc1. The lowest BCUT2D eigenvalue weighted by Crippen LogP contribution is -2.17. The van der Waals surface area contributed by atoms with Gasteiger partial charge >= 0.3 is 10.1 Å². The van der Waals surface area contributed by atoms with Gasteiger partial charge in [0.2, 0.25) is 0 Å². The van der Waals surface area contributed by atoms with Crippen LogP contribution >= 0.6 is 23.2 Å². The highest BCUT2D eigenvalue weighted by Gasteiger charge is 2.21. The Morgan fingerprint density at radius 1 is 1.00 bits per heavy atom. The first-order valence-corrected chi connectivity index (χ1v) is 10.8. The molecule has 0 unspecified atom stereocenters. The predicted octanol–water partition coefficient (Wildman–Crippen LogP) is 4.83. The number of amides is 1. The highest BCUT2D eigenvalue weighted by molar-refractivity contribution is 7.87. The summed E-state index contributed by atoms with van der Waals surface area (Å²) in [6.45, 7) is 1.84. The monoisotopic (exact) mass is 462 g/mol. The second-order valence-electron chi connectivity index (χ2n) is 6.23. The van der Waals surface area contributed by atoms with E-state index in [-0.39, 0.29) is 26.6 Å². The van der Waals surface area contributed by atoms with E-state index in [1.165, 1.54) is 30.5 Å². The van der Waals surface area contributed by atoms with Crippen LogP contribution in [0.4, 0.5) is 0 Å². The van der Waals surface area contributed by atoms with Crippen LogP contribution in [0.1, 0.15) is 21.5 Å². The molecule has 0 aliphatic heterocycles. The van der Waals surface area contributed by atoms with Gasteiger partial charge in [-0.15, -0.1) is 0 Å². The number of rotatable bonds is 6. The molecule has 0 aromatic heterocycles. The molecule has 0 aliphatic carbocycles. The van der Waals surface area contributed by atoms with E-state index >= 15 is 0 Å². The number of carbonyl (C=O) groups is 1. The zero-order chi connectivity index (χ0) is 21.7. The molecule has 0 radical (unpaired) electrons. The lowest BCUT2D eigenvalue weighted by atomic mass is 10.2. The van der Waals surface area contributed by atoms with Crippen LogP contribution in [0, 0.1) is 6.92 Å². The van der Waals surface area contributed by atoms with E-state index in [1.54, 1.807) is 42.5 Å². The number of carbonyl (C=O) groups excluding carboxylic acids is 1. The molecule has 3 aromatic carbocycles. The van der Waals surface area contributed by atoms with Crippen molar-refractivity contribution >= 4 is 45.4 Å². The normalized spacial score (nSPS) is 11.4. The molecule has 0 atom stereocenters. The minimum Gasteiger partial charge on any atom is -0.376 e. The molecule has 0 saturated heterocycles. The van der Waals surface area contributed by atoms with Gasteiger partial charge in [-0.25, -0.2) is 5.43 Å². The van der Waals surface area contributed by atoms with E-state index in [0.717, 1.165) is 5.56 Å². The molecule has 1 N–H and O–H groups in total. The van der Waals surface area contributed by atoms with Gasteiger partial charge in [-0.1, -0.05) is 59.1 Å². The fraction of sp³-hybridized carbons (Fsp3) is 0.0476. The van der Waals surface area contributed by atoms with Crippen LogP contribution in [0.2, 0.25) is 10.0 Å². The summed E-state index contributed by atoms with van der Waals surface area (Å²) in [7, 11) is -4.11. The molecule has 30 heavy (non-hydrogen) atoms. The Bertz CT molecular complexity index is 1170. The molecule has 0 aliphatic rings. The van der Waals surface area contributed by atoms with E-state index in [0.29, 0.717) is 11.1 Å². The maximum atomic E-state index is 12.5. The Hall–Kier alpha value is -2.87. The maximum Gasteiger partial charge on any atom is 0.339 e. The first-order valence-electron chi connectivity index (χ1n) is 8.65. The third-order valence-electron chi connectivity index (χ3n) is 3.94. The Labute approximate surface area is 184 Å². The molecule has 0 spiro atoms. The summed E-state index contributed by atoms with van der Waals surface area (Å²) in [6.07, 6.45) is 1.33. The van der Waals surface area contributed by atoms with Crippen LogP contribution in [0.15, 0.2) is 76.7 Å². The summed E-state index contributed by atoms with van der Waals surface area (Å²) in [5, 5.41) is 3.82. The summed E-state index contributed by atoms with van der Waals surface area (Å²) in [6, 6.07) is 17.6. The largest absolute Gasteiger partial charge is 0.376 e. The van der Waals surface area contributed by atoms with Gasteiger partial charge in [0.25, 0.3) is 5.91 Å². The van der Waals surface area contributed by atoms with E-state index in [2.05, 4.69) is 10.5 Å². The van der Waals surface area contributed by atoms with Crippen molar-refractivity contribution in [1.82, 2.24) is 5.43 Å². The van der Waals surface area contributed by atoms with Crippen molar-refractivity contribution in [3.63, 3.8) is 0 Å². The highest BCUT2D eigenvalue weighted by atomic mass is 35.5. The number of hydrogen-bond acceptors (Lipinski definition) is 5. The topological polar surface area (TPSA) is 84.8 Å². The Balaban J connectivity index is 1.75. The van der Waals surface area contributed by atoms with Crippen molar-refractivity contribution in [1.29, 1.82) is 0 Å². The highest BCUT2D eigenvalue weighted by Crippen LogP contribution is 2.36. The number of aryl methyl sites for hydroxylation is 1. The van der Waals surface area contributed by atoms with Gasteiger partial charge in [-0.2, -0.15) is 13.5 Å². The maximum absolute atomic E-state index is 12.5. The number of nitrogens with one attached hydrogen (secondary N) is 1. The fourth-order valence-corrected chi connectivity index (χ4v) is 4.05. The minimum absolute atomic E-state index is 0.0190. The van der Waals surface area contributed by atoms with Crippen LogP contribution in [-0.4, -0.2) is 20.5 Å². The standard InChI is InChI=1S/C21H16Cl2N2O4S/c1-14-7-9-17(10-8-14)30(27,28)29-20-18(22)11-15(12-19(20)23)13-24-25-21(26)16-5-3-2-4-6-16/h2-13H,1H3,(H,25,26)/b24-13-. The molecule has 0 fully saturated rings. The summed E-state index contributed by atoms with van der Waals surface area (Å²) in [4.78, 5) is 12.0. The van der Waals surface area contributed by atoms with Crippen LogP contribution in [0.25, 0.3) is 0 Å². The van der Waals surface area contributed by atoms with Crippen molar-refractivity contribution in [3.05, 3.63) is 93.5 Å². The molecule has 9 heteroatoms. The summed E-state index contributed by atoms with van der Waals surface area (Å²) in [5.41, 5.74) is 4.19. The lowest BCUT2D eigenvalue weighted by Gasteiger charge is -2.11. The molecular formula is C21H16Cl2N2O4S. The molecule has 3 aromatic rings. The second-order valence-corrected chi connectivity index (χ2v) is 8.59. The van der Waals surface area contributed by atoms with Crippen LogP contribution < -0.4 is 9.61 Å². The average molecular weight is 463 g/mol. The van der Waals surface area contributed by atoms with Crippen molar-refractivity contribution < 1.29 is 17.4 Å². The van der Waals surface area contributed by atoms with Crippen LogP contribution in [0.3, 0.4) is 0 Å². The van der Waals surface area contributed by atoms with Gasteiger partial charge in [-0.3, -0.25) is 4.79 Å². The zero-order valence-corrected chi connectivity index (χ0v) is 18.0. The minimum atomic E-state index is -4.11. The summed E-state index contributed by atoms with van der Waals surface area (Å²) in [5.74, 6) is -0.572. The fourth-order valence-electron chi connectivity index (χ4n) is 2.42. The van der Waals surface area contributed by atoms with Crippen LogP contribution in [-0.2, 0) is 10.1 Å². The van der Waals surface area contributed by atoms with Crippen molar-refractivity contribution in [2.75, 3.05) is 0 Å². The lowest BCUT2D eigenvalue weighted by molar-refractivity contribution is 0.0955. The second kappa shape index (κ2) is 9.30. The molecule has 6 nitrogen and oxygen atoms in total. The number of hydrogen-bond donors (Lipinski definition) is 1. The third kappa shape index (κ3) is 5.38. The van der Waals surface area contributed by atoms with Crippen molar-refractivity contribution in [2.24, 2.45) is 5.10 Å². The molecule has 0 saturated carbocycles. The van der Waals surface area contributed by atoms with E-state index < -0.39 is 10.1 Å². The quantitative estimate of drug-likeness (QED) is 0.322. The summed E-state index contributed by atoms with van der Waals surface area (Å²) < 4.78 is 30.1. The van der Waals surface area contributed by atoms with Gasteiger partial charge in [0.15, 0.2) is 5.75 Å². The number of nitrogens with zero attached hydrogens (tertiary/aromatic N) is 1. The molecule has 1 amide bonds. The van der Waals surface area contributed by atoms with Gasteiger partial charge in [-0.05, 0) is 48.9 Å². The smallest absolute Gasteiger partial charge is 0.339 e. The van der Waals surface area contributed by atoms with E-state index in [9.17, 15) is 13.2 Å². The Kier molecular flexibility index (Phi) is 6.77. The van der Waals surface area contributed by atoms with Gasteiger partial charge in [0.1, 0.15) is 4.90 Å². The molecule has 0 bridgehead atoms. The molecular weight excluding hydrogens is 447 g/mol. The average Bonchev–Trinajstić information content (AvgIpc) is 2.72. The Morgan fingerprint density at radius 2 is 1.60 bits per heavy atom. The van der Waals surface area contributed by atoms with E-state index in [4.69, 9.17) is 27.4 Å². The number of halogens is 2. The predicted molar refractivity (Wildman–Crippen MR) is 117 cm³/mol. The number of benzene rings is 3. The van der Waals surface area contributed by atoms with Crippen molar-refractivity contribution in [3.8, 4) is 5.75 Å². The van der Waals surface area contributed by atoms with Crippen molar-refractivity contribution in [2.45, 2.75) is 11.8 Å².